The van der Waals surface area contributed by atoms with Gasteiger partial charge in [-0.05, 0) is 45.0 Å². The number of halogens is 1. The molecule has 1 saturated heterocycles. The van der Waals surface area contributed by atoms with Crippen LogP contribution in [0.4, 0.5) is 10.5 Å². The van der Waals surface area contributed by atoms with Crippen molar-refractivity contribution in [1.29, 1.82) is 0 Å². The predicted molar refractivity (Wildman–Crippen MR) is 88.0 cm³/mol. The Morgan fingerprint density at radius 2 is 1.87 bits per heavy atom. The van der Waals surface area contributed by atoms with Crippen LogP contribution in [0.25, 0.3) is 0 Å². The molecule has 0 spiro atoms. The number of alkyl halides is 1. The van der Waals surface area contributed by atoms with Crippen LogP contribution in [-0.4, -0.2) is 47.6 Å². The molecule has 1 aromatic rings. The zero-order valence-corrected chi connectivity index (χ0v) is 14.2. The van der Waals surface area contributed by atoms with Crippen molar-refractivity contribution in [3.05, 3.63) is 24.3 Å². The van der Waals surface area contributed by atoms with Crippen molar-refractivity contribution in [2.45, 2.75) is 32.5 Å². The van der Waals surface area contributed by atoms with Crippen molar-refractivity contribution >= 4 is 29.3 Å². The van der Waals surface area contributed by atoms with E-state index in [0.29, 0.717) is 24.5 Å². The highest BCUT2D eigenvalue weighted by atomic mass is 35.5. The average molecular weight is 341 g/mol. The van der Waals surface area contributed by atoms with Gasteiger partial charge in [-0.2, -0.15) is 0 Å². The van der Waals surface area contributed by atoms with Gasteiger partial charge in [-0.25, -0.2) is 4.79 Å². The Balaban J connectivity index is 1.77. The zero-order chi connectivity index (χ0) is 17.0. The van der Waals surface area contributed by atoms with Crippen LogP contribution in [0.15, 0.2) is 24.3 Å². The number of hydrogen-bond acceptors (Lipinski definition) is 4. The van der Waals surface area contributed by atoms with E-state index in [-0.39, 0.29) is 24.0 Å². The Kier molecular flexibility index (Phi) is 5.36. The first-order chi connectivity index (χ1) is 10.8. The lowest BCUT2D eigenvalue weighted by Crippen LogP contribution is -2.57. The van der Waals surface area contributed by atoms with Gasteiger partial charge < -0.3 is 19.7 Å². The molecule has 1 aliphatic rings. The van der Waals surface area contributed by atoms with Gasteiger partial charge in [0.25, 0.3) is 0 Å². The maximum absolute atomic E-state index is 11.8. The summed E-state index contributed by atoms with van der Waals surface area (Å²) in [4.78, 5) is 24.6. The minimum Gasteiger partial charge on any atom is -0.487 e. The van der Waals surface area contributed by atoms with Gasteiger partial charge in [-0.3, -0.25) is 4.79 Å². The van der Waals surface area contributed by atoms with E-state index in [0.717, 1.165) is 0 Å². The fourth-order valence-corrected chi connectivity index (χ4v) is 2.06. The number of carbonyl (C=O) groups is 2. The highest BCUT2D eigenvalue weighted by Crippen LogP contribution is 2.22. The molecule has 0 aromatic heterocycles. The Labute approximate surface area is 140 Å². The summed E-state index contributed by atoms with van der Waals surface area (Å²) >= 11 is 5.43. The Morgan fingerprint density at radius 3 is 2.39 bits per heavy atom. The van der Waals surface area contributed by atoms with E-state index in [1.165, 1.54) is 0 Å². The maximum atomic E-state index is 11.8. The van der Waals surface area contributed by atoms with Crippen LogP contribution in [0, 0.1) is 0 Å². The van der Waals surface area contributed by atoms with Crippen LogP contribution in [0.5, 0.6) is 5.75 Å². The smallest absolute Gasteiger partial charge is 0.410 e. The molecule has 1 fully saturated rings. The molecule has 7 heteroatoms. The quantitative estimate of drug-likeness (QED) is 0.856. The molecule has 1 N–H and O–H groups in total. The number of nitrogens with zero attached hydrogens (tertiary/aromatic N) is 1. The van der Waals surface area contributed by atoms with Crippen molar-refractivity contribution in [3.8, 4) is 5.75 Å². The molecule has 1 aromatic carbocycles. The van der Waals surface area contributed by atoms with Gasteiger partial charge in [0.1, 0.15) is 23.3 Å². The molecule has 6 nitrogen and oxygen atoms in total. The molecular weight excluding hydrogens is 320 g/mol. The maximum Gasteiger partial charge on any atom is 0.410 e. The minimum absolute atomic E-state index is 0.0502. The van der Waals surface area contributed by atoms with Crippen LogP contribution in [0.1, 0.15) is 20.8 Å². The Bertz CT molecular complexity index is 562. The van der Waals surface area contributed by atoms with E-state index in [1.54, 1.807) is 29.2 Å². The Hall–Kier alpha value is -1.95. The number of likely N-dealkylation sites (tertiary alicyclic amines) is 1. The van der Waals surface area contributed by atoms with Gasteiger partial charge in [0, 0.05) is 5.69 Å². The molecule has 0 radical (unpaired) electrons. The SMILES string of the molecule is CC(C)(C)OC(=O)N1CC(Oc2ccc(NC(=O)CCl)cc2)C1. The normalized spacial score (nSPS) is 14.9. The van der Waals surface area contributed by atoms with Gasteiger partial charge in [-0.1, -0.05) is 0 Å². The van der Waals surface area contributed by atoms with E-state index in [4.69, 9.17) is 21.1 Å². The van der Waals surface area contributed by atoms with Gasteiger partial charge in [0.15, 0.2) is 0 Å². The molecule has 2 rings (SSSR count). The van der Waals surface area contributed by atoms with Crippen LogP contribution >= 0.6 is 11.6 Å². The van der Waals surface area contributed by atoms with Crippen molar-refractivity contribution in [3.63, 3.8) is 0 Å². The number of ether oxygens (including phenoxy) is 2. The van der Waals surface area contributed by atoms with Gasteiger partial charge >= 0.3 is 6.09 Å². The second-order valence-electron chi connectivity index (χ2n) is 6.33. The molecule has 0 atom stereocenters. The van der Waals surface area contributed by atoms with E-state index in [1.807, 2.05) is 20.8 Å². The van der Waals surface area contributed by atoms with Crippen LogP contribution < -0.4 is 10.1 Å². The number of benzene rings is 1. The fraction of sp³-hybridized carbons (Fsp3) is 0.500. The molecule has 23 heavy (non-hydrogen) atoms. The summed E-state index contributed by atoms with van der Waals surface area (Å²) in [6.45, 7) is 6.51. The minimum atomic E-state index is -0.494. The number of amides is 2. The lowest BCUT2D eigenvalue weighted by atomic mass is 10.1. The molecule has 2 amide bonds. The number of nitrogens with one attached hydrogen (secondary N) is 1. The fourth-order valence-electron chi connectivity index (χ4n) is 1.99. The summed E-state index contributed by atoms with van der Waals surface area (Å²) in [5.41, 5.74) is 0.166. The second-order valence-corrected chi connectivity index (χ2v) is 6.60. The summed E-state index contributed by atoms with van der Waals surface area (Å²) in [6, 6.07) is 7.01. The number of carbonyl (C=O) groups excluding carboxylic acids is 2. The van der Waals surface area contributed by atoms with E-state index in [2.05, 4.69) is 5.32 Å². The molecule has 0 bridgehead atoms. The van der Waals surface area contributed by atoms with E-state index < -0.39 is 5.60 Å². The highest BCUT2D eigenvalue weighted by molar-refractivity contribution is 6.29. The van der Waals surface area contributed by atoms with E-state index >= 15 is 0 Å². The van der Waals surface area contributed by atoms with Crippen molar-refractivity contribution in [1.82, 2.24) is 4.90 Å². The van der Waals surface area contributed by atoms with Gasteiger partial charge in [0.05, 0.1) is 13.1 Å². The largest absolute Gasteiger partial charge is 0.487 e. The first-order valence-electron chi connectivity index (χ1n) is 7.37. The number of hydrogen-bond donors (Lipinski definition) is 1. The Morgan fingerprint density at radius 1 is 1.26 bits per heavy atom. The third-order valence-electron chi connectivity index (χ3n) is 3.06. The third-order valence-corrected chi connectivity index (χ3v) is 3.30. The molecular formula is C16H21ClN2O4. The molecule has 1 heterocycles. The topological polar surface area (TPSA) is 67.9 Å². The summed E-state index contributed by atoms with van der Waals surface area (Å²) in [7, 11) is 0. The standard InChI is InChI=1S/C16H21ClN2O4/c1-16(2,3)23-15(21)19-9-13(10-19)22-12-6-4-11(5-7-12)18-14(20)8-17/h4-7,13H,8-10H2,1-3H3,(H,18,20). The van der Waals surface area contributed by atoms with Crippen LogP contribution in [0.2, 0.25) is 0 Å². The van der Waals surface area contributed by atoms with E-state index in [9.17, 15) is 9.59 Å². The molecule has 0 unspecified atom stereocenters. The second kappa shape index (κ2) is 7.08. The lowest BCUT2D eigenvalue weighted by molar-refractivity contribution is -0.113. The number of anilines is 1. The first-order valence-corrected chi connectivity index (χ1v) is 7.91. The molecule has 0 aliphatic carbocycles. The monoisotopic (exact) mass is 340 g/mol. The van der Waals surface area contributed by atoms with Gasteiger partial charge in [-0.15, -0.1) is 11.6 Å². The van der Waals surface area contributed by atoms with Crippen molar-refractivity contribution in [2.24, 2.45) is 0 Å². The number of rotatable bonds is 4. The predicted octanol–water partition coefficient (Wildman–Crippen LogP) is 2.86. The van der Waals surface area contributed by atoms with Gasteiger partial charge in [0.2, 0.25) is 5.91 Å². The zero-order valence-electron chi connectivity index (χ0n) is 13.5. The average Bonchev–Trinajstić information content (AvgIpc) is 2.41. The summed E-state index contributed by atoms with van der Waals surface area (Å²) in [5, 5.41) is 2.65. The van der Waals surface area contributed by atoms with Crippen LogP contribution in [-0.2, 0) is 9.53 Å². The lowest BCUT2D eigenvalue weighted by Gasteiger charge is -2.39. The summed E-state index contributed by atoms with van der Waals surface area (Å²) < 4.78 is 11.0. The molecule has 126 valence electrons. The van der Waals surface area contributed by atoms with Crippen LogP contribution in [0.3, 0.4) is 0 Å². The highest BCUT2D eigenvalue weighted by Gasteiger charge is 2.35. The summed E-state index contributed by atoms with van der Waals surface area (Å²) in [6.07, 6.45) is -0.373. The van der Waals surface area contributed by atoms with Crippen molar-refractivity contribution < 1.29 is 19.1 Å². The first kappa shape index (κ1) is 17.4. The molecule has 0 saturated carbocycles. The van der Waals surface area contributed by atoms with Crippen molar-refractivity contribution in [2.75, 3.05) is 24.3 Å². The third kappa shape index (κ3) is 5.32. The summed E-state index contributed by atoms with van der Waals surface area (Å²) in [5.74, 6) is 0.343. The molecule has 1 aliphatic heterocycles.